The van der Waals surface area contributed by atoms with E-state index in [-0.39, 0.29) is 31.5 Å². The number of thiol groups is 1. The van der Waals surface area contributed by atoms with Crippen LogP contribution >= 0.6 is 12.6 Å². The van der Waals surface area contributed by atoms with E-state index in [4.69, 9.17) is 20.4 Å². The lowest BCUT2D eigenvalue weighted by Crippen LogP contribution is -2.11. The Kier molecular flexibility index (Phi) is 14.6. The van der Waals surface area contributed by atoms with E-state index in [1.807, 2.05) is 0 Å². The molecule has 0 saturated heterocycles. The Balaban J connectivity index is 0. The summed E-state index contributed by atoms with van der Waals surface area (Å²) in [6, 6.07) is 0. The molecular formula is C8H18O5S. The van der Waals surface area contributed by atoms with Crippen molar-refractivity contribution in [3.05, 3.63) is 0 Å². The Morgan fingerprint density at radius 1 is 1.21 bits per heavy atom. The van der Waals surface area contributed by atoms with Crippen molar-refractivity contribution in [2.75, 3.05) is 25.6 Å². The van der Waals surface area contributed by atoms with Gasteiger partial charge in [0.25, 0.3) is 0 Å². The second-order valence-corrected chi connectivity index (χ2v) is 2.97. The Bertz CT molecular complexity index is 127. The SMILES string of the molecule is O=C(O)CS.OCCCC(CO)CO. The van der Waals surface area contributed by atoms with Gasteiger partial charge in [0, 0.05) is 25.7 Å². The summed E-state index contributed by atoms with van der Waals surface area (Å²) in [5, 5.41) is 33.0. The van der Waals surface area contributed by atoms with Gasteiger partial charge in [-0.25, -0.2) is 0 Å². The molecule has 0 aliphatic carbocycles. The fourth-order valence-electron chi connectivity index (χ4n) is 0.620. The van der Waals surface area contributed by atoms with E-state index in [9.17, 15) is 4.79 Å². The fraction of sp³-hybridized carbons (Fsp3) is 0.875. The van der Waals surface area contributed by atoms with E-state index in [1.165, 1.54) is 0 Å². The zero-order valence-corrected chi connectivity index (χ0v) is 8.86. The second kappa shape index (κ2) is 12.7. The normalized spacial score (nSPS) is 9.50. The topological polar surface area (TPSA) is 98.0 Å². The summed E-state index contributed by atoms with van der Waals surface area (Å²) < 4.78 is 0. The molecule has 0 fully saturated rings. The van der Waals surface area contributed by atoms with E-state index in [0.29, 0.717) is 12.8 Å². The van der Waals surface area contributed by atoms with Gasteiger partial charge in [0.15, 0.2) is 0 Å². The highest BCUT2D eigenvalue weighted by Gasteiger charge is 2.03. The zero-order chi connectivity index (χ0) is 11.4. The van der Waals surface area contributed by atoms with Crippen molar-refractivity contribution >= 4 is 18.6 Å². The van der Waals surface area contributed by atoms with E-state index in [0.717, 1.165) is 0 Å². The first-order chi connectivity index (χ1) is 6.62. The van der Waals surface area contributed by atoms with E-state index < -0.39 is 5.97 Å². The minimum absolute atomic E-state index is 0.0104. The number of carboxylic acids is 1. The van der Waals surface area contributed by atoms with Crippen molar-refractivity contribution in [3.63, 3.8) is 0 Å². The van der Waals surface area contributed by atoms with Crippen LogP contribution in [0.1, 0.15) is 12.8 Å². The van der Waals surface area contributed by atoms with Crippen LogP contribution in [-0.2, 0) is 4.79 Å². The molecule has 0 amide bonds. The second-order valence-electron chi connectivity index (χ2n) is 2.65. The standard InChI is InChI=1S/C6H14O3.C2H4O2S/c7-3-1-2-6(4-8)5-9;3-2(4)1-5/h6-9H,1-5H2;5H,1H2,(H,3,4). The predicted molar refractivity (Wildman–Crippen MR) is 55.5 cm³/mol. The molecule has 6 heteroatoms. The van der Waals surface area contributed by atoms with Gasteiger partial charge < -0.3 is 20.4 Å². The summed E-state index contributed by atoms with van der Waals surface area (Å²) in [5.74, 6) is -1.01. The first-order valence-electron chi connectivity index (χ1n) is 4.27. The maximum atomic E-state index is 9.29. The first kappa shape index (κ1) is 16.1. The smallest absolute Gasteiger partial charge is 0.313 e. The molecule has 5 nitrogen and oxygen atoms in total. The van der Waals surface area contributed by atoms with Crippen LogP contribution in [-0.4, -0.2) is 52.0 Å². The van der Waals surface area contributed by atoms with Crippen molar-refractivity contribution in [3.8, 4) is 0 Å². The summed E-state index contributed by atoms with van der Waals surface area (Å²) >= 11 is 3.42. The number of hydrogen-bond donors (Lipinski definition) is 5. The number of carboxylic acid groups (broad SMARTS) is 1. The summed E-state index contributed by atoms with van der Waals surface area (Å²) in [4.78, 5) is 9.29. The minimum atomic E-state index is -0.881. The average molecular weight is 226 g/mol. The summed E-state index contributed by atoms with van der Waals surface area (Å²) in [5.41, 5.74) is 0. The minimum Gasteiger partial charge on any atom is -0.481 e. The van der Waals surface area contributed by atoms with Gasteiger partial charge in [-0.2, -0.15) is 12.6 Å². The van der Waals surface area contributed by atoms with Crippen molar-refractivity contribution < 1.29 is 25.2 Å². The highest BCUT2D eigenvalue weighted by molar-refractivity contribution is 7.81. The molecule has 14 heavy (non-hydrogen) atoms. The van der Waals surface area contributed by atoms with Gasteiger partial charge >= 0.3 is 5.97 Å². The van der Waals surface area contributed by atoms with Crippen LogP contribution in [0.25, 0.3) is 0 Å². The van der Waals surface area contributed by atoms with Crippen molar-refractivity contribution in [1.82, 2.24) is 0 Å². The van der Waals surface area contributed by atoms with Gasteiger partial charge in [-0.1, -0.05) is 0 Å². The third kappa shape index (κ3) is 14.2. The molecule has 0 unspecified atom stereocenters. The predicted octanol–water partition coefficient (Wildman–Crippen LogP) is -0.640. The van der Waals surface area contributed by atoms with Gasteiger partial charge in [0.1, 0.15) is 0 Å². The maximum absolute atomic E-state index is 9.29. The fourth-order valence-corrected chi connectivity index (χ4v) is 0.620. The lowest BCUT2D eigenvalue weighted by atomic mass is 10.1. The van der Waals surface area contributed by atoms with Crippen molar-refractivity contribution in [2.45, 2.75) is 12.8 Å². The molecule has 0 aromatic carbocycles. The molecular weight excluding hydrogens is 208 g/mol. The summed E-state index contributed by atoms with van der Waals surface area (Å²) in [7, 11) is 0. The molecule has 0 aliphatic rings. The van der Waals surface area contributed by atoms with Crippen LogP contribution in [0.15, 0.2) is 0 Å². The van der Waals surface area contributed by atoms with Gasteiger partial charge in [0.2, 0.25) is 0 Å². The Morgan fingerprint density at radius 3 is 1.86 bits per heavy atom. The van der Waals surface area contributed by atoms with Crippen LogP contribution in [0, 0.1) is 5.92 Å². The van der Waals surface area contributed by atoms with E-state index in [2.05, 4.69) is 12.6 Å². The summed E-state index contributed by atoms with van der Waals surface area (Å²) in [6.07, 6.45) is 1.36. The molecule has 86 valence electrons. The molecule has 4 N–H and O–H groups in total. The Morgan fingerprint density at radius 2 is 1.64 bits per heavy atom. The highest BCUT2D eigenvalue weighted by atomic mass is 32.1. The molecule has 0 aromatic rings. The molecule has 0 aromatic heterocycles. The first-order valence-corrected chi connectivity index (χ1v) is 4.90. The Labute approximate surface area is 88.8 Å². The van der Waals surface area contributed by atoms with Gasteiger partial charge in [-0.15, -0.1) is 0 Å². The molecule has 0 radical (unpaired) electrons. The quantitative estimate of drug-likeness (QED) is 0.388. The lowest BCUT2D eigenvalue weighted by Gasteiger charge is -2.07. The number of rotatable bonds is 6. The highest BCUT2D eigenvalue weighted by Crippen LogP contribution is 2.02. The molecule has 0 spiro atoms. The van der Waals surface area contributed by atoms with Gasteiger partial charge in [-0.3, -0.25) is 4.79 Å². The number of carbonyl (C=O) groups is 1. The molecule has 0 rings (SSSR count). The van der Waals surface area contributed by atoms with Crippen LogP contribution < -0.4 is 0 Å². The molecule has 0 heterocycles. The van der Waals surface area contributed by atoms with Crippen LogP contribution in [0.4, 0.5) is 0 Å². The lowest BCUT2D eigenvalue weighted by molar-refractivity contribution is -0.133. The number of aliphatic carboxylic acids is 1. The van der Waals surface area contributed by atoms with Gasteiger partial charge in [-0.05, 0) is 12.8 Å². The van der Waals surface area contributed by atoms with Crippen molar-refractivity contribution in [1.29, 1.82) is 0 Å². The number of hydrogen-bond acceptors (Lipinski definition) is 5. The van der Waals surface area contributed by atoms with E-state index in [1.54, 1.807) is 0 Å². The molecule has 0 atom stereocenters. The summed E-state index contributed by atoms with van der Waals surface area (Å²) in [6.45, 7) is 0.156. The number of aliphatic hydroxyl groups excluding tert-OH is 3. The largest absolute Gasteiger partial charge is 0.481 e. The maximum Gasteiger partial charge on any atom is 0.313 e. The third-order valence-electron chi connectivity index (χ3n) is 1.42. The molecule has 0 saturated carbocycles. The third-order valence-corrected chi connectivity index (χ3v) is 1.69. The van der Waals surface area contributed by atoms with Crippen LogP contribution in [0.5, 0.6) is 0 Å². The van der Waals surface area contributed by atoms with E-state index >= 15 is 0 Å². The van der Waals surface area contributed by atoms with Crippen LogP contribution in [0.2, 0.25) is 0 Å². The molecule has 0 aliphatic heterocycles. The van der Waals surface area contributed by atoms with Crippen LogP contribution in [0.3, 0.4) is 0 Å². The molecule has 0 bridgehead atoms. The zero-order valence-electron chi connectivity index (χ0n) is 7.96. The Hall–Kier alpha value is -0.300. The monoisotopic (exact) mass is 226 g/mol. The number of aliphatic hydroxyl groups is 3. The van der Waals surface area contributed by atoms with Crippen molar-refractivity contribution in [2.24, 2.45) is 5.92 Å². The average Bonchev–Trinajstić information content (AvgIpc) is 2.20. The van der Waals surface area contributed by atoms with Gasteiger partial charge in [0.05, 0.1) is 5.75 Å².